The Labute approximate surface area is 134 Å². The first-order chi connectivity index (χ1) is 10.6. The van der Waals surface area contributed by atoms with Crippen molar-refractivity contribution in [3.05, 3.63) is 20.8 Å². The molecule has 0 atom stereocenters. The van der Waals surface area contributed by atoms with Crippen molar-refractivity contribution in [1.29, 1.82) is 0 Å². The molecule has 1 rings (SSSR count). The largest absolute Gasteiger partial charge is 0.481 e. The number of H-pyrrole nitrogens is 1. The lowest BCUT2D eigenvalue weighted by molar-refractivity contribution is -0.136. The number of aliphatic carboxylic acids is 1. The number of hydrogen-bond donors (Lipinski definition) is 3. The van der Waals surface area contributed by atoms with Crippen molar-refractivity contribution in [1.82, 2.24) is 9.55 Å². The molecule has 1 aromatic rings. The molecule has 0 aliphatic heterocycles. The molecule has 0 aliphatic rings. The number of rotatable bonds is 8. The molecule has 1 aromatic heterocycles. The third-order valence-electron chi connectivity index (χ3n) is 3.26. The Morgan fingerprint density at radius 2 is 1.87 bits per heavy atom. The van der Waals surface area contributed by atoms with E-state index in [1.807, 2.05) is 27.7 Å². The van der Waals surface area contributed by atoms with Crippen LogP contribution in [0.25, 0.3) is 0 Å². The third kappa shape index (κ3) is 5.15. The first kappa shape index (κ1) is 18.8. The highest BCUT2D eigenvalue weighted by Gasteiger charge is 2.20. The van der Waals surface area contributed by atoms with Crippen LogP contribution in [0.2, 0.25) is 0 Å². The molecule has 4 N–H and O–H groups in total. The molecule has 0 saturated heterocycles. The molecule has 0 saturated carbocycles. The molecule has 0 radical (unpaired) electrons. The predicted octanol–water partition coefficient (Wildman–Crippen LogP) is 0.712. The van der Waals surface area contributed by atoms with E-state index in [0.29, 0.717) is 13.1 Å². The Balaban J connectivity index is 3.36. The number of nitrogens with one attached hydrogen (secondary N) is 1. The number of nitrogens with zero attached hydrogens (tertiary/aromatic N) is 2. The van der Waals surface area contributed by atoms with Gasteiger partial charge in [-0.05, 0) is 11.8 Å². The number of nitrogens with two attached hydrogens (primary N) is 1. The Morgan fingerprint density at radius 3 is 2.35 bits per heavy atom. The van der Waals surface area contributed by atoms with Crippen LogP contribution in [0.4, 0.5) is 11.5 Å². The first-order valence-corrected chi connectivity index (χ1v) is 7.72. The number of nitrogen functional groups attached to an aromatic ring is 1. The van der Waals surface area contributed by atoms with Crippen LogP contribution in [0.5, 0.6) is 0 Å². The van der Waals surface area contributed by atoms with Crippen LogP contribution >= 0.6 is 0 Å². The Bertz CT molecular complexity index is 660. The second-order valence-corrected chi connectivity index (χ2v) is 6.48. The normalized spacial score (nSPS) is 11.2. The molecule has 23 heavy (non-hydrogen) atoms. The van der Waals surface area contributed by atoms with Gasteiger partial charge in [-0.1, -0.05) is 27.7 Å². The van der Waals surface area contributed by atoms with Crippen molar-refractivity contribution in [3.8, 4) is 0 Å². The van der Waals surface area contributed by atoms with Crippen molar-refractivity contribution in [2.75, 3.05) is 23.7 Å². The molecular formula is C15H26N4O4. The summed E-state index contributed by atoms with van der Waals surface area (Å²) in [4.78, 5) is 39.0. The number of anilines is 2. The van der Waals surface area contributed by atoms with E-state index in [4.69, 9.17) is 10.8 Å². The van der Waals surface area contributed by atoms with Crippen LogP contribution in [-0.2, 0) is 11.3 Å². The highest BCUT2D eigenvalue weighted by molar-refractivity contribution is 5.69. The standard InChI is InChI=1S/C15H26N4O4/c1-9(2)7-18(6-5-11(20)21)12-13(16)19(8-10(3)4)15(23)17-14(12)22/h9-10H,5-8,16H2,1-4H3,(H,20,21)(H,17,22,23). The van der Waals surface area contributed by atoms with Gasteiger partial charge in [0.15, 0.2) is 0 Å². The molecule has 0 unspecified atom stereocenters. The Hall–Kier alpha value is -2.25. The van der Waals surface area contributed by atoms with Gasteiger partial charge >= 0.3 is 11.7 Å². The number of hydrogen-bond acceptors (Lipinski definition) is 5. The van der Waals surface area contributed by atoms with Crippen molar-refractivity contribution in [3.63, 3.8) is 0 Å². The zero-order chi connectivity index (χ0) is 17.7. The van der Waals surface area contributed by atoms with Crippen molar-refractivity contribution in [2.24, 2.45) is 11.8 Å². The minimum Gasteiger partial charge on any atom is -0.481 e. The molecule has 0 aliphatic carbocycles. The zero-order valence-electron chi connectivity index (χ0n) is 14.1. The van der Waals surface area contributed by atoms with Crippen molar-refractivity contribution >= 4 is 17.5 Å². The minimum absolute atomic E-state index is 0.0819. The van der Waals surface area contributed by atoms with Crippen LogP contribution < -0.4 is 21.9 Å². The third-order valence-corrected chi connectivity index (χ3v) is 3.26. The molecule has 130 valence electrons. The van der Waals surface area contributed by atoms with Gasteiger partial charge in [-0.2, -0.15) is 0 Å². The van der Waals surface area contributed by atoms with E-state index in [-0.39, 0.29) is 36.3 Å². The summed E-state index contributed by atoms with van der Waals surface area (Å²) >= 11 is 0. The average molecular weight is 326 g/mol. The molecule has 1 heterocycles. The average Bonchev–Trinajstić information content (AvgIpc) is 2.39. The van der Waals surface area contributed by atoms with Crippen LogP contribution in [0.3, 0.4) is 0 Å². The Morgan fingerprint density at radius 1 is 1.26 bits per heavy atom. The van der Waals surface area contributed by atoms with Crippen molar-refractivity contribution in [2.45, 2.75) is 40.7 Å². The maximum Gasteiger partial charge on any atom is 0.330 e. The van der Waals surface area contributed by atoms with Gasteiger partial charge in [0, 0.05) is 19.6 Å². The minimum atomic E-state index is -0.954. The Kier molecular flexibility index (Phi) is 6.41. The summed E-state index contributed by atoms with van der Waals surface area (Å²) in [7, 11) is 0. The number of aromatic amines is 1. The summed E-state index contributed by atoms with van der Waals surface area (Å²) in [5, 5.41) is 8.90. The second-order valence-electron chi connectivity index (χ2n) is 6.48. The predicted molar refractivity (Wildman–Crippen MR) is 89.9 cm³/mol. The van der Waals surface area contributed by atoms with Gasteiger partial charge in [0.2, 0.25) is 0 Å². The molecule has 0 amide bonds. The fraction of sp³-hybridized carbons (Fsp3) is 0.667. The molecule has 0 spiro atoms. The zero-order valence-corrected chi connectivity index (χ0v) is 14.1. The van der Waals surface area contributed by atoms with Crippen LogP contribution in [0.1, 0.15) is 34.1 Å². The summed E-state index contributed by atoms with van der Waals surface area (Å²) in [6.07, 6.45) is -0.116. The van der Waals surface area contributed by atoms with Gasteiger partial charge in [0.1, 0.15) is 11.5 Å². The highest BCUT2D eigenvalue weighted by Crippen LogP contribution is 2.19. The lowest BCUT2D eigenvalue weighted by Gasteiger charge is -2.27. The quantitative estimate of drug-likeness (QED) is 0.647. The monoisotopic (exact) mass is 326 g/mol. The van der Waals surface area contributed by atoms with Gasteiger partial charge in [0.05, 0.1) is 6.42 Å². The van der Waals surface area contributed by atoms with Gasteiger partial charge in [-0.15, -0.1) is 0 Å². The van der Waals surface area contributed by atoms with E-state index in [0.717, 1.165) is 0 Å². The molecule has 8 heteroatoms. The van der Waals surface area contributed by atoms with E-state index in [2.05, 4.69) is 4.98 Å². The fourth-order valence-electron chi connectivity index (χ4n) is 2.40. The summed E-state index contributed by atoms with van der Waals surface area (Å²) in [6, 6.07) is 0. The van der Waals surface area contributed by atoms with Crippen LogP contribution in [-0.4, -0.2) is 33.7 Å². The molecular weight excluding hydrogens is 300 g/mol. The highest BCUT2D eigenvalue weighted by atomic mass is 16.4. The smallest absolute Gasteiger partial charge is 0.330 e. The van der Waals surface area contributed by atoms with Crippen LogP contribution in [0.15, 0.2) is 9.59 Å². The summed E-state index contributed by atoms with van der Waals surface area (Å²) < 4.78 is 1.33. The number of carboxylic acid groups (broad SMARTS) is 1. The van der Waals surface area contributed by atoms with Crippen LogP contribution in [0, 0.1) is 11.8 Å². The molecule has 0 bridgehead atoms. The van der Waals surface area contributed by atoms with E-state index in [1.165, 1.54) is 4.57 Å². The first-order valence-electron chi connectivity index (χ1n) is 7.72. The van der Waals surface area contributed by atoms with Gasteiger partial charge in [0.25, 0.3) is 5.56 Å². The van der Waals surface area contributed by atoms with Gasteiger partial charge < -0.3 is 15.7 Å². The van der Waals surface area contributed by atoms with Gasteiger partial charge in [-0.3, -0.25) is 19.1 Å². The van der Waals surface area contributed by atoms with E-state index in [1.54, 1.807) is 4.90 Å². The summed E-state index contributed by atoms with van der Waals surface area (Å²) in [6.45, 7) is 8.80. The number of aromatic nitrogens is 2. The maximum atomic E-state index is 12.2. The molecule has 0 fully saturated rings. The summed E-state index contributed by atoms with van der Waals surface area (Å²) in [5.74, 6) is -0.498. The number of carboxylic acids is 1. The lowest BCUT2D eigenvalue weighted by Crippen LogP contribution is -2.41. The SMILES string of the molecule is CC(C)CN(CCC(=O)O)c1c(N)n(CC(C)C)c(=O)[nH]c1=O. The van der Waals surface area contributed by atoms with E-state index >= 15 is 0 Å². The number of carbonyl (C=O) groups is 1. The van der Waals surface area contributed by atoms with E-state index in [9.17, 15) is 14.4 Å². The van der Waals surface area contributed by atoms with Gasteiger partial charge in [-0.25, -0.2) is 4.79 Å². The summed E-state index contributed by atoms with van der Waals surface area (Å²) in [5.41, 5.74) is 5.10. The topological polar surface area (TPSA) is 121 Å². The maximum absolute atomic E-state index is 12.2. The molecule has 0 aromatic carbocycles. The lowest BCUT2D eigenvalue weighted by atomic mass is 10.2. The van der Waals surface area contributed by atoms with E-state index < -0.39 is 17.2 Å². The molecule has 8 nitrogen and oxygen atoms in total. The fourth-order valence-corrected chi connectivity index (χ4v) is 2.40. The van der Waals surface area contributed by atoms with Crippen molar-refractivity contribution < 1.29 is 9.90 Å². The second kappa shape index (κ2) is 7.85.